The Hall–Kier alpha value is -1.61. The molecule has 0 amide bonds. The first-order valence-corrected chi connectivity index (χ1v) is 5.86. The van der Waals surface area contributed by atoms with E-state index in [4.69, 9.17) is 0 Å². The average molecular weight is 230 g/mol. The van der Waals surface area contributed by atoms with Crippen LogP contribution < -0.4 is 0 Å². The summed E-state index contributed by atoms with van der Waals surface area (Å²) in [6, 6.07) is 8.39. The summed E-state index contributed by atoms with van der Waals surface area (Å²) in [6.45, 7) is 2.08. The Kier molecular flexibility index (Phi) is 3.59. The lowest BCUT2D eigenvalue weighted by atomic mass is 10.0. The van der Waals surface area contributed by atoms with Crippen molar-refractivity contribution in [2.24, 2.45) is 7.05 Å². The average Bonchev–Trinajstić information content (AvgIpc) is 2.73. The Morgan fingerprint density at radius 1 is 1.41 bits per heavy atom. The van der Waals surface area contributed by atoms with E-state index in [0.29, 0.717) is 6.42 Å². The van der Waals surface area contributed by atoms with Crippen molar-refractivity contribution in [3.05, 3.63) is 53.6 Å². The molecule has 3 nitrogen and oxygen atoms in total. The molecule has 0 fully saturated rings. The van der Waals surface area contributed by atoms with E-state index in [9.17, 15) is 5.11 Å². The van der Waals surface area contributed by atoms with Crippen molar-refractivity contribution >= 4 is 0 Å². The van der Waals surface area contributed by atoms with Gasteiger partial charge in [-0.1, -0.05) is 29.8 Å². The van der Waals surface area contributed by atoms with Gasteiger partial charge in [0.25, 0.3) is 0 Å². The molecule has 1 aromatic heterocycles. The van der Waals surface area contributed by atoms with Crippen LogP contribution in [-0.4, -0.2) is 14.7 Å². The molecule has 0 aliphatic rings. The van der Waals surface area contributed by atoms with Crippen molar-refractivity contribution in [1.29, 1.82) is 0 Å². The Morgan fingerprint density at radius 3 is 2.88 bits per heavy atom. The second-order valence-corrected chi connectivity index (χ2v) is 4.51. The van der Waals surface area contributed by atoms with E-state index in [1.165, 1.54) is 11.1 Å². The molecule has 1 unspecified atom stereocenters. The van der Waals surface area contributed by atoms with E-state index in [1.54, 1.807) is 6.33 Å². The normalized spacial score (nSPS) is 12.6. The van der Waals surface area contributed by atoms with Gasteiger partial charge in [0.1, 0.15) is 0 Å². The number of benzene rings is 1. The second-order valence-electron chi connectivity index (χ2n) is 4.51. The lowest BCUT2D eigenvalue weighted by Crippen LogP contribution is -2.00. The van der Waals surface area contributed by atoms with Crippen molar-refractivity contribution in [3.63, 3.8) is 0 Å². The Bertz CT molecular complexity index is 490. The van der Waals surface area contributed by atoms with Gasteiger partial charge in [0.15, 0.2) is 0 Å². The van der Waals surface area contributed by atoms with Gasteiger partial charge in [-0.25, -0.2) is 4.98 Å². The maximum Gasteiger partial charge on any atom is 0.0978 e. The Morgan fingerprint density at radius 2 is 2.24 bits per heavy atom. The fourth-order valence-electron chi connectivity index (χ4n) is 1.92. The zero-order valence-corrected chi connectivity index (χ0v) is 10.3. The van der Waals surface area contributed by atoms with Crippen LogP contribution in [0, 0.1) is 6.92 Å². The van der Waals surface area contributed by atoms with Crippen molar-refractivity contribution in [3.8, 4) is 0 Å². The molecular weight excluding hydrogens is 212 g/mol. The highest BCUT2D eigenvalue weighted by molar-refractivity contribution is 5.22. The van der Waals surface area contributed by atoms with Crippen LogP contribution in [0.1, 0.15) is 29.3 Å². The number of hydrogen-bond acceptors (Lipinski definition) is 2. The van der Waals surface area contributed by atoms with Gasteiger partial charge in [0.05, 0.1) is 18.1 Å². The van der Waals surface area contributed by atoms with E-state index in [1.807, 2.05) is 17.8 Å². The van der Waals surface area contributed by atoms with Crippen LogP contribution in [0.4, 0.5) is 0 Å². The molecule has 0 saturated carbocycles. The number of nitrogens with zero attached hydrogens (tertiary/aromatic N) is 2. The minimum Gasteiger partial charge on any atom is -0.387 e. The van der Waals surface area contributed by atoms with Gasteiger partial charge < -0.3 is 9.67 Å². The van der Waals surface area contributed by atoms with Crippen LogP contribution in [0.25, 0.3) is 0 Å². The first kappa shape index (κ1) is 11.9. The summed E-state index contributed by atoms with van der Waals surface area (Å²) >= 11 is 0. The molecule has 1 aromatic carbocycles. The molecule has 1 N–H and O–H groups in total. The minimum atomic E-state index is -0.475. The highest BCUT2D eigenvalue weighted by Crippen LogP contribution is 2.17. The molecule has 90 valence electrons. The summed E-state index contributed by atoms with van der Waals surface area (Å²) in [5.41, 5.74) is 3.27. The van der Waals surface area contributed by atoms with E-state index < -0.39 is 6.10 Å². The lowest BCUT2D eigenvalue weighted by molar-refractivity contribution is 0.163. The third kappa shape index (κ3) is 3.17. The van der Waals surface area contributed by atoms with Gasteiger partial charge in [-0.05, 0) is 25.3 Å². The largest absolute Gasteiger partial charge is 0.387 e. The number of imidazole rings is 1. The van der Waals surface area contributed by atoms with Crippen LogP contribution in [0.3, 0.4) is 0 Å². The van der Waals surface area contributed by atoms with Gasteiger partial charge in [0, 0.05) is 13.2 Å². The number of aliphatic hydroxyl groups is 1. The number of rotatable bonds is 4. The van der Waals surface area contributed by atoms with Crippen molar-refractivity contribution < 1.29 is 5.11 Å². The molecule has 3 heteroatoms. The topological polar surface area (TPSA) is 38.0 Å². The summed E-state index contributed by atoms with van der Waals surface area (Å²) in [6.07, 6.45) is 4.68. The smallest absolute Gasteiger partial charge is 0.0978 e. The summed E-state index contributed by atoms with van der Waals surface area (Å²) < 4.78 is 1.85. The predicted molar refractivity (Wildman–Crippen MR) is 67.7 cm³/mol. The number of aliphatic hydroxyl groups excluding tert-OH is 1. The minimum absolute atomic E-state index is 0.475. The molecule has 2 rings (SSSR count). The molecule has 0 aliphatic carbocycles. The van der Waals surface area contributed by atoms with Gasteiger partial charge in [-0.3, -0.25) is 0 Å². The SMILES string of the molecule is Cc1cccc(CCC(O)c2cn(C)cn2)c1. The third-order valence-electron chi connectivity index (χ3n) is 2.86. The van der Waals surface area contributed by atoms with E-state index >= 15 is 0 Å². The van der Waals surface area contributed by atoms with Crippen LogP contribution in [0.2, 0.25) is 0 Å². The zero-order valence-electron chi connectivity index (χ0n) is 10.3. The lowest BCUT2D eigenvalue weighted by Gasteiger charge is -2.08. The van der Waals surface area contributed by atoms with Gasteiger partial charge in [-0.2, -0.15) is 0 Å². The van der Waals surface area contributed by atoms with Crippen LogP contribution in [0.5, 0.6) is 0 Å². The molecule has 0 aliphatic heterocycles. The molecule has 0 spiro atoms. The number of hydrogen-bond donors (Lipinski definition) is 1. The maximum atomic E-state index is 9.99. The zero-order chi connectivity index (χ0) is 12.3. The highest BCUT2D eigenvalue weighted by atomic mass is 16.3. The molecule has 0 radical (unpaired) electrons. The van der Waals surface area contributed by atoms with E-state index in [-0.39, 0.29) is 0 Å². The fourth-order valence-corrected chi connectivity index (χ4v) is 1.92. The maximum absolute atomic E-state index is 9.99. The number of aryl methyl sites for hydroxylation is 3. The predicted octanol–water partition coefficient (Wildman–Crippen LogP) is 2.39. The van der Waals surface area contributed by atoms with Crippen molar-refractivity contribution in [2.45, 2.75) is 25.9 Å². The van der Waals surface area contributed by atoms with Crippen molar-refractivity contribution in [2.75, 3.05) is 0 Å². The highest BCUT2D eigenvalue weighted by Gasteiger charge is 2.10. The Balaban J connectivity index is 1.94. The molecule has 0 saturated heterocycles. The van der Waals surface area contributed by atoms with Crippen LogP contribution in [-0.2, 0) is 13.5 Å². The summed E-state index contributed by atoms with van der Waals surface area (Å²) in [5, 5.41) is 9.99. The second kappa shape index (κ2) is 5.15. The van der Waals surface area contributed by atoms with E-state index in [0.717, 1.165) is 12.1 Å². The number of aromatic nitrogens is 2. The Labute approximate surface area is 102 Å². The van der Waals surface area contributed by atoms with Gasteiger partial charge >= 0.3 is 0 Å². The molecule has 17 heavy (non-hydrogen) atoms. The molecule has 1 heterocycles. The van der Waals surface area contributed by atoms with Crippen LogP contribution >= 0.6 is 0 Å². The van der Waals surface area contributed by atoms with Crippen LogP contribution in [0.15, 0.2) is 36.8 Å². The molecule has 0 bridgehead atoms. The van der Waals surface area contributed by atoms with E-state index in [2.05, 4.69) is 36.2 Å². The standard InChI is InChI=1S/C14H18N2O/c1-11-4-3-5-12(8-11)6-7-14(17)13-9-16(2)10-15-13/h3-5,8-10,14,17H,6-7H2,1-2H3. The monoisotopic (exact) mass is 230 g/mol. The van der Waals surface area contributed by atoms with Crippen molar-refractivity contribution in [1.82, 2.24) is 9.55 Å². The first-order valence-electron chi connectivity index (χ1n) is 5.86. The molecule has 1 atom stereocenters. The summed E-state index contributed by atoms with van der Waals surface area (Å²) in [4.78, 5) is 4.16. The third-order valence-corrected chi connectivity index (χ3v) is 2.86. The molecular formula is C14H18N2O. The summed E-state index contributed by atoms with van der Waals surface area (Å²) in [7, 11) is 1.91. The molecule has 2 aromatic rings. The van der Waals surface area contributed by atoms with Gasteiger partial charge in [0.2, 0.25) is 0 Å². The first-order chi connectivity index (χ1) is 8.15. The van der Waals surface area contributed by atoms with Gasteiger partial charge in [-0.15, -0.1) is 0 Å². The summed E-state index contributed by atoms with van der Waals surface area (Å²) in [5.74, 6) is 0. The fraction of sp³-hybridized carbons (Fsp3) is 0.357. The quantitative estimate of drug-likeness (QED) is 0.875.